The topological polar surface area (TPSA) is 110 Å². The van der Waals surface area contributed by atoms with Crippen LogP contribution in [-0.4, -0.2) is 43.2 Å². The third-order valence-corrected chi connectivity index (χ3v) is 5.00. The normalized spacial score (nSPS) is 12.1. The smallest absolute Gasteiger partial charge is 0.308 e. The number of aliphatic carboxylic acids is 1. The van der Waals surface area contributed by atoms with Crippen LogP contribution in [0.3, 0.4) is 0 Å². The minimum Gasteiger partial charge on any atom is -0.481 e. The highest BCUT2D eigenvalue weighted by Crippen LogP contribution is 2.21. The van der Waals surface area contributed by atoms with E-state index in [1.807, 2.05) is 0 Å². The number of carboxylic acid groups (broad SMARTS) is 1. The van der Waals surface area contributed by atoms with Crippen molar-refractivity contribution in [2.45, 2.75) is 27.3 Å². The maximum Gasteiger partial charge on any atom is 0.308 e. The number of hydrogen-bond donors (Lipinski definition) is 2. The minimum absolute atomic E-state index is 0.0164. The van der Waals surface area contributed by atoms with Gasteiger partial charge in [0.15, 0.2) is 23.2 Å². The van der Waals surface area contributed by atoms with E-state index >= 15 is 0 Å². The fourth-order valence-corrected chi connectivity index (χ4v) is 3.15. The molecule has 0 aliphatic heterocycles. The molecular weight excluding hydrogens is 420 g/mol. The number of ketones is 1. The second-order valence-corrected chi connectivity index (χ2v) is 7.68. The number of anilines is 1. The van der Waals surface area contributed by atoms with Crippen LogP contribution >= 0.6 is 0 Å². The van der Waals surface area contributed by atoms with Gasteiger partial charge in [0.1, 0.15) is 17.2 Å². The molecule has 2 N–H and O–H groups in total. The quantitative estimate of drug-likeness (QED) is 0.486. The van der Waals surface area contributed by atoms with E-state index < -0.39 is 23.5 Å². The number of nitrogens with one attached hydrogen (secondary N) is 1. The van der Waals surface area contributed by atoms with Gasteiger partial charge in [-0.05, 0) is 18.1 Å². The van der Waals surface area contributed by atoms with Gasteiger partial charge < -0.3 is 10.4 Å². The zero-order chi connectivity index (χ0) is 23.4. The van der Waals surface area contributed by atoms with Crippen molar-refractivity contribution in [3.8, 4) is 11.5 Å². The van der Waals surface area contributed by atoms with Crippen molar-refractivity contribution >= 4 is 17.6 Å². The molecule has 0 bridgehead atoms. The Kier molecular flexibility index (Phi) is 6.92. The Morgan fingerprint density at radius 1 is 1.19 bits per heavy atom. The fraction of sp³-hybridized carbons (Fsp3) is 0.318. The van der Waals surface area contributed by atoms with Gasteiger partial charge in [0.2, 0.25) is 0 Å². The molecule has 0 aliphatic carbocycles. The molecular formula is C22H23F2N5O3. The van der Waals surface area contributed by atoms with Crippen LogP contribution in [0, 0.1) is 23.5 Å². The van der Waals surface area contributed by atoms with Crippen molar-refractivity contribution in [3.05, 3.63) is 59.4 Å². The second kappa shape index (κ2) is 9.63. The van der Waals surface area contributed by atoms with Gasteiger partial charge in [-0.3, -0.25) is 14.3 Å². The summed E-state index contributed by atoms with van der Waals surface area (Å²) >= 11 is 0. The first-order valence-electron chi connectivity index (χ1n) is 9.99. The van der Waals surface area contributed by atoms with Crippen molar-refractivity contribution in [1.29, 1.82) is 0 Å². The summed E-state index contributed by atoms with van der Waals surface area (Å²) in [5, 5.41) is 16.4. The number of carbonyl (C=O) groups is 2. The molecule has 0 amide bonds. The average Bonchev–Trinajstić information content (AvgIpc) is 3.15. The standard InChI is InChI=1S/C22H23F2N5O3/c1-12(2)15(22(31)32)9-25-20-17(24)10-26-21(27-20)18-8-19(13(3)30)29(28-18)11-14-6-4-5-7-16(14)23/h4-8,10,12,15H,9,11H2,1-3H3,(H,31,32)(H,25,26,27). The number of carboxylic acids is 1. The van der Waals surface area contributed by atoms with Gasteiger partial charge in [0.25, 0.3) is 0 Å². The van der Waals surface area contributed by atoms with E-state index in [0.29, 0.717) is 5.56 Å². The zero-order valence-corrected chi connectivity index (χ0v) is 17.8. The molecule has 3 aromatic rings. The van der Waals surface area contributed by atoms with Crippen LogP contribution in [0.2, 0.25) is 0 Å². The molecule has 2 heterocycles. The maximum atomic E-state index is 14.2. The lowest BCUT2D eigenvalue weighted by atomic mass is 9.96. The number of rotatable bonds is 9. The predicted octanol–water partition coefficient (Wildman–Crippen LogP) is 3.64. The first kappa shape index (κ1) is 23.0. The molecule has 3 rings (SSSR count). The van der Waals surface area contributed by atoms with Gasteiger partial charge >= 0.3 is 5.97 Å². The molecule has 1 atom stereocenters. The lowest BCUT2D eigenvalue weighted by Gasteiger charge is -2.17. The zero-order valence-electron chi connectivity index (χ0n) is 17.8. The lowest BCUT2D eigenvalue weighted by molar-refractivity contribution is -0.142. The third kappa shape index (κ3) is 5.13. The number of carbonyl (C=O) groups excluding carboxylic acids is 1. The maximum absolute atomic E-state index is 14.2. The Hall–Kier alpha value is -3.69. The van der Waals surface area contributed by atoms with Crippen LogP contribution in [-0.2, 0) is 11.3 Å². The van der Waals surface area contributed by atoms with Crippen LogP contribution in [0.25, 0.3) is 11.5 Å². The Bertz CT molecular complexity index is 1150. The summed E-state index contributed by atoms with van der Waals surface area (Å²) < 4.78 is 29.6. The summed E-state index contributed by atoms with van der Waals surface area (Å²) in [6, 6.07) is 7.60. The molecule has 0 aliphatic rings. The average molecular weight is 443 g/mol. The Morgan fingerprint density at radius 3 is 2.53 bits per heavy atom. The molecule has 0 saturated carbocycles. The molecule has 1 aromatic carbocycles. The number of nitrogens with zero attached hydrogens (tertiary/aromatic N) is 4. The SMILES string of the molecule is CC(=O)c1cc(-c2ncc(F)c(NCC(C(=O)O)C(C)C)n2)nn1Cc1ccccc1F. The van der Waals surface area contributed by atoms with E-state index in [2.05, 4.69) is 20.4 Å². The van der Waals surface area contributed by atoms with Crippen LogP contribution in [0.4, 0.5) is 14.6 Å². The molecule has 32 heavy (non-hydrogen) atoms. The Labute approximate surface area is 183 Å². The lowest BCUT2D eigenvalue weighted by Crippen LogP contribution is -2.28. The molecule has 8 nitrogen and oxygen atoms in total. The third-order valence-electron chi connectivity index (χ3n) is 5.00. The molecule has 2 aromatic heterocycles. The largest absolute Gasteiger partial charge is 0.481 e. The molecule has 10 heteroatoms. The van der Waals surface area contributed by atoms with Gasteiger partial charge in [0.05, 0.1) is 18.7 Å². The number of Topliss-reactive ketones (excluding diaryl/α,β-unsaturated/α-hetero) is 1. The van der Waals surface area contributed by atoms with E-state index in [-0.39, 0.29) is 47.8 Å². The van der Waals surface area contributed by atoms with Crippen LogP contribution < -0.4 is 5.32 Å². The summed E-state index contributed by atoms with van der Waals surface area (Å²) in [4.78, 5) is 31.5. The van der Waals surface area contributed by atoms with Gasteiger partial charge in [-0.2, -0.15) is 5.10 Å². The summed E-state index contributed by atoms with van der Waals surface area (Å²) in [7, 11) is 0. The highest BCUT2D eigenvalue weighted by Gasteiger charge is 2.23. The van der Waals surface area contributed by atoms with E-state index in [1.54, 1.807) is 32.0 Å². The molecule has 0 radical (unpaired) electrons. The van der Waals surface area contributed by atoms with Gasteiger partial charge in [-0.1, -0.05) is 32.0 Å². The van der Waals surface area contributed by atoms with Crippen molar-refractivity contribution in [1.82, 2.24) is 19.7 Å². The van der Waals surface area contributed by atoms with Crippen LogP contribution in [0.1, 0.15) is 36.8 Å². The van der Waals surface area contributed by atoms with Crippen molar-refractivity contribution in [3.63, 3.8) is 0 Å². The van der Waals surface area contributed by atoms with Crippen molar-refractivity contribution < 1.29 is 23.5 Å². The van der Waals surface area contributed by atoms with E-state index in [4.69, 9.17) is 0 Å². The Morgan fingerprint density at radius 2 is 1.91 bits per heavy atom. The summed E-state index contributed by atoms with van der Waals surface area (Å²) in [5.74, 6) is -3.51. The first-order valence-corrected chi connectivity index (χ1v) is 9.99. The summed E-state index contributed by atoms with van der Waals surface area (Å²) in [6.45, 7) is 4.86. The summed E-state index contributed by atoms with van der Waals surface area (Å²) in [5.41, 5.74) is 0.769. The number of hydrogen-bond acceptors (Lipinski definition) is 6. The van der Waals surface area contributed by atoms with Crippen LogP contribution in [0.5, 0.6) is 0 Å². The molecule has 168 valence electrons. The first-order chi connectivity index (χ1) is 15.2. The highest BCUT2D eigenvalue weighted by molar-refractivity contribution is 5.93. The summed E-state index contributed by atoms with van der Waals surface area (Å²) in [6.07, 6.45) is 0.944. The van der Waals surface area contributed by atoms with Crippen molar-refractivity contribution in [2.75, 3.05) is 11.9 Å². The fourth-order valence-electron chi connectivity index (χ4n) is 3.15. The van der Waals surface area contributed by atoms with Gasteiger partial charge in [-0.25, -0.2) is 18.7 Å². The van der Waals surface area contributed by atoms with Crippen LogP contribution in [0.15, 0.2) is 36.5 Å². The number of halogens is 2. The predicted molar refractivity (Wildman–Crippen MR) is 113 cm³/mol. The number of aromatic nitrogens is 4. The van der Waals surface area contributed by atoms with Crippen molar-refractivity contribution in [2.24, 2.45) is 11.8 Å². The van der Waals surface area contributed by atoms with Gasteiger partial charge in [-0.15, -0.1) is 0 Å². The second-order valence-electron chi connectivity index (χ2n) is 7.68. The van der Waals surface area contributed by atoms with Gasteiger partial charge in [0, 0.05) is 19.0 Å². The highest BCUT2D eigenvalue weighted by atomic mass is 19.1. The molecule has 1 unspecified atom stereocenters. The van der Waals surface area contributed by atoms with E-state index in [0.717, 1.165) is 6.20 Å². The Balaban J connectivity index is 1.91. The minimum atomic E-state index is -1.000. The van der Waals surface area contributed by atoms with E-state index in [1.165, 1.54) is 23.7 Å². The molecule has 0 saturated heterocycles. The van der Waals surface area contributed by atoms with E-state index in [9.17, 15) is 23.5 Å². The molecule has 0 spiro atoms. The number of benzene rings is 1. The molecule has 0 fully saturated rings. The monoisotopic (exact) mass is 443 g/mol.